The van der Waals surface area contributed by atoms with Crippen LogP contribution in [0.2, 0.25) is 0 Å². The zero-order valence-electron chi connectivity index (χ0n) is 11.2. The predicted molar refractivity (Wildman–Crippen MR) is 82.0 cm³/mol. The second-order valence-corrected chi connectivity index (χ2v) is 6.53. The Labute approximate surface area is 109 Å². The monoisotopic (exact) mass is 236 g/mol. The van der Waals surface area contributed by atoms with Crippen LogP contribution < -0.4 is 0 Å². The largest absolute Gasteiger partial charge is 0.0776 e. The van der Waals surface area contributed by atoms with Crippen molar-refractivity contribution >= 4 is 0 Å². The molecule has 0 saturated carbocycles. The average molecular weight is 236 g/mol. The molecule has 1 aromatic rings. The van der Waals surface area contributed by atoms with Crippen molar-refractivity contribution < 1.29 is 0 Å². The molecule has 0 aromatic heterocycles. The molecule has 100 valence electrons. The Morgan fingerprint density at radius 3 is 1.53 bits per heavy atom. The third-order valence-electron chi connectivity index (χ3n) is 2.90. The van der Waals surface area contributed by atoms with E-state index in [0.29, 0.717) is 0 Å². The van der Waals surface area contributed by atoms with Gasteiger partial charge in [0.05, 0.1) is 0 Å². The maximum Gasteiger partial charge on any atom is -0.0129 e. The summed E-state index contributed by atoms with van der Waals surface area (Å²) in [5.41, 5.74) is 4.79. The fraction of sp³-hybridized carbons (Fsp3) is 0.647. The second kappa shape index (κ2) is 5.71. The summed E-state index contributed by atoms with van der Waals surface area (Å²) in [5, 5.41) is 0. The standard InChI is InChI=1S/C15H24.2CH4/c1-11-10-12(14(2,3)4)8-9-13(11)15(5,6)7;;/h8-10H,1-7H3;2*1H4. The van der Waals surface area contributed by atoms with E-state index in [1.807, 2.05) is 0 Å². The van der Waals surface area contributed by atoms with Crippen molar-refractivity contribution in [2.24, 2.45) is 0 Å². The highest BCUT2D eigenvalue weighted by atomic mass is 14.2. The molecule has 0 unspecified atom stereocenters. The van der Waals surface area contributed by atoms with Crippen molar-refractivity contribution in [2.75, 3.05) is 0 Å². The van der Waals surface area contributed by atoms with Gasteiger partial charge in [0.25, 0.3) is 0 Å². The van der Waals surface area contributed by atoms with Crippen LogP contribution in [0.3, 0.4) is 0 Å². The lowest BCUT2D eigenvalue weighted by molar-refractivity contribution is 0.573. The van der Waals surface area contributed by atoms with Gasteiger partial charge in [-0.25, -0.2) is 0 Å². The molecule has 0 atom stereocenters. The van der Waals surface area contributed by atoms with Gasteiger partial charge in [-0.2, -0.15) is 0 Å². The van der Waals surface area contributed by atoms with Crippen LogP contribution in [0.15, 0.2) is 18.2 Å². The lowest BCUT2D eigenvalue weighted by Gasteiger charge is -2.25. The Morgan fingerprint density at radius 1 is 0.765 bits per heavy atom. The molecule has 0 fully saturated rings. The highest BCUT2D eigenvalue weighted by Crippen LogP contribution is 2.30. The third kappa shape index (κ3) is 4.53. The summed E-state index contributed by atoms with van der Waals surface area (Å²) >= 11 is 0. The lowest BCUT2D eigenvalue weighted by atomic mass is 9.80. The number of hydrogen-bond acceptors (Lipinski definition) is 0. The Balaban J connectivity index is 0. The van der Waals surface area contributed by atoms with Crippen molar-refractivity contribution in [1.82, 2.24) is 0 Å². The zero-order chi connectivity index (χ0) is 11.9. The van der Waals surface area contributed by atoms with Gasteiger partial charge in [0.15, 0.2) is 0 Å². The van der Waals surface area contributed by atoms with Crippen LogP contribution in [0.25, 0.3) is 0 Å². The zero-order valence-corrected chi connectivity index (χ0v) is 11.2. The number of benzene rings is 1. The molecule has 0 heterocycles. The minimum Gasteiger partial charge on any atom is -0.0776 e. The maximum absolute atomic E-state index is 2.33. The number of rotatable bonds is 0. The molecule has 0 aliphatic heterocycles. The van der Waals surface area contributed by atoms with Gasteiger partial charge in [-0.1, -0.05) is 74.6 Å². The Hall–Kier alpha value is -0.780. The first-order valence-corrected chi connectivity index (χ1v) is 5.74. The highest BCUT2D eigenvalue weighted by Gasteiger charge is 2.19. The molecule has 0 radical (unpaired) electrons. The van der Waals surface area contributed by atoms with E-state index >= 15 is 0 Å². The van der Waals surface area contributed by atoms with Crippen LogP contribution in [-0.4, -0.2) is 0 Å². The van der Waals surface area contributed by atoms with E-state index in [4.69, 9.17) is 0 Å². The number of hydrogen-bond donors (Lipinski definition) is 0. The topological polar surface area (TPSA) is 0 Å². The summed E-state index contributed by atoms with van der Waals surface area (Å²) in [6, 6.07) is 6.89. The van der Waals surface area contributed by atoms with Crippen LogP contribution in [0.1, 0.15) is 73.1 Å². The average Bonchev–Trinajstić information content (AvgIpc) is 1.99. The first kappa shape index (κ1) is 18.6. The van der Waals surface area contributed by atoms with Gasteiger partial charge in [0.2, 0.25) is 0 Å². The van der Waals surface area contributed by atoms with Crippen molar-refractivity contribution in [3.63, 3.8) is 0 Å². The second-order valence-electron chi connectivity index (χ2n) is 6.53. The van der Waals surface area contributed by atoms with Crippen LogP contribution in [0.4, 0.5) is 0 Å². The Morgan fingerprint density at radius 2 is 1.24 bits per heavy atom. The third-order valence-corrected chi connectivity index (χ3v) is 2.90. The Kier molecular flexibility index (Phi) is 6.24. The molecular weight excluding hydrogens is 204 g/mol. The van der Waals surface area contributed by atoms with Gasteiger partial charge in [0.1, 0.15) is 0 Å². The fourth-order valence-corrected chi connectivity index (χ4v) is 1.97. The van der Waals surface area contributed by atoms with Crippen molar-refractivity contribution in [2.45, 2.75) is 74.1 Å². The molecule has 0 spiro atoms. The van der Waals surface area contributed by atoms with E-state index < -0.39 is 0 Å². The highest BCUT2D eigenvalue weighted by molar-refractivity contribution is 5.37. The van der Waals surface area contributed by atoms with Gasteiger partial charge in [-0.15, -0.1) is 0 Å². The molecule has 1 aromatic carbocycles. The van der Waals surface area contributed by atoms with E-state index in [1.165, 1.54) is 16.7 Å². The number of aryl methyl sites for hydroxylation is 1. The van der Waals surface area contributed by atoms with E-state index in [9.17, 15) is 0 Å². The van der Waals surface area contributed by atoms with Gasteiger partial charge >= 0.3 is 0 Å². The van der Waals surface area contributed by atoms with Crippen LogP contribution in [0, 0.1) is 6.92 Å². The fourth-order valence-electron chi connectivity index (χ4n) is 1.97. The summed E-state index contributed by atoms with van der Waals surface area (Å²) in [5.74, 6) is 0. The molecule has 0 saturated heterocycles. The van der Waals surface area contributed by atoms with Crippen molar-refractivity contribution in [3.05, 3.63) is 34.9 Å². The maximum atomic E-state index is 2.33. The quantitative estimate of drug-likeness (QED) is 0.529. The molecule has 17 heavy (non-hydrogen) atoms. The molecule has 0 heteroatoms. The molecule has 0 nitrogen and oxygen atoms in total. The van der Waals surface area contributed by atoms with E-state index in [1.54, 1.807) is 0 Å². The lowest BCUT2D eigenvalue weighted by Crippen LogP contribution is -2.16. The summed E-state index contributed by atoms with van der Waals surface area (Å²) < 4.78 is 0. The molecule has 0 aliphatic rings. The predicted octanol–water partition coefficient (Wildman–Crippen LogP) is 5.86. The van der Waals surface area contributed by atoms with E-state index in [-0.39, 0.29) is 25.7 Å². The van der Waals surface area contributed by atoms with Gasteiger partial charge < -0.3 is 0 Å². The van der Waals surface area contributed by atoms with E-state index in [0.717, 1.165) is 0 Å². The molecule has 0 amide bonds. The van der Waals surface area contributed by atoms with Crippen molar-refractivity contribution in [1.29, 1.82) is 0 Å². The molecular formula is C17H32. The molecule has 0 N–H and O–H groups in total. The normalized spacial score (nSPS) is 11.5. The van der Waals surface area contributed by atoms with Gasteiger partial charge in [-0.3, -0.25) is 0 Å². The minimum atomic E-state index is 0. The SMILES string of the molecule is C.C.Cc1cc(C(C)(C)C)ccc1C(C)(C)C. The molecule has 1 rings (SSSR count). The summed E-state index contributed by atoms with van der Waals surface area (Å²) in [7, 11) is 0. The van der Waals surface area contributed by atoms with Gasteiger partial charge in [0, 0.05) is 0 Å². The van der Waals surface area contributed by atoms with Crippen LogP contribution in [-0.2, 0) is 10.8 Å². The van der Waals surface area contributed by atoms with Gasteiger partial charge in [-0.05, 0) is 34.4 Å². The first-order valence-electron chi connectivity index (χ1n) is 5.74. The first-order chi connectivity index (χ1) is 6.62. The Bertz CT molecular complexity index is 345. The minimum absolute atomic E-state index is 0. The van der Waals surface area contributed by atoms with E-state index in [2.05, 4.69) is 66.7 Å². The van der Waals surface area contributed by atoms with Crippen LogP contribution >= 0.6 is 0 Å². The molecule has 0 bridgehead atoms. The summed E-state index contributed by atoms with van der Waals surface area (Å²) in [4.78, 5) is 0. The summed E-state index contributed by atoms with van der Waals surface area (Å²) in [6.07, 6.45) is 0. The molecule has 0 aliphatic carbocycles. The smallest absolute Gasteiger partial charge is 0.0129 e. The van der Waals surface area contributed by atoms with Crippen LogP contribution in [0.5, 0.6) is 0 Å². The van der Waals surface area contributed by atoms with Crippen molar-refractivity contribution in [3.8, 4) is 0 Å². The summed E-state index contributed by atoms with van der Waals surface area (Å²) in [6.45, 7) is 15.8.